The van der Waals surface area contributed by atoms with Gasteiger partial charge in [-0.25, -0.2) is 4.39 Å². The third kappa shape index (κ3) is 3.38. The lowest BCUT2D eigenvalue weighted by Gasteiger charge is -2.09. The Hall–Kier alpha value is -0.770. The van der Waals surface area contributed by atoms with Crippen LogP contribution < -0.4 is 0 Å². The van der Waals surface area contributed by atoms with Gasteiger partial charge in [0.15, 0.2) is 0 Å². The predicted octanol–water partition coefficient (Wildman–Crippen LogP) is 4.02. The monoisotopic (exact) mass is 240 g/mol. The van der Waals surface area contributed by atoms with E-state index >= 15 is 0 Å². The second kappa shape index (κ2) is 4.84. The topological polar surface area (TPSA) is 0 Å². The molecule has 0 aliphatic rings. The maximum Gasteiger partial charge on any atom is 0.419 e. The Bertz CT molecular complexity index is 333. The Balaban J connectivity index is 2.95. The Morgan fingerprint density at radius 3 is 2.40 bits per heavy atom. The minimum Gasteiger partial charge on any atom is -0.206 e. The number of halogens is 5. The van der Waals surface area contributed by atoms with Gasteiger partial charge in [-0.1, -0.05) is 6.07 Å². The van der Waals surface area contributed by atoms with Gasteiger partial charge in [-0.3, -0.25) is 0 Å². The van der Waals surface area contributed by atoms with Crippen molar-refractivity contribution in [2.24, 2.45) is 0 Å². The lowest BCUT2D eigenvalue weighted by atomic mass is 10.1. The van der Waals surface area contributed by atoms with Crippen LogP contribution in [0.5, 0.6) is 0 Å². The van der Waals surface area contributed by atoms with Gasteiger partial charge in [0.2, 0.25) is 0 Å². The van der Waals surface area contributed by atoms with Gasteiger partial charge >= 0.3 is 6.18 Å². The maximum atomic E-state index is 12.8. The summed E-state index contributed by atoms with van der Waals surface area (Å²) in [7, 11) is 0. The summed E-state index contributed by atoms with van der Waals surface area (Å²) >= 11 is 5.42. The van der Waals surface area contributed by atoms with E-state index in [4.69, 9.17) is 11.6 Å². The molecule has 1 aromatic carbocycles. The minimum absolute atomic E-state index is 0.374. The summed E-state index contributed by atoms with van der Waals surface area (Å²) in [5, 5.41) is 0. The van der Waals surface area contributed by atoms with E-state index in [1.807, 2.05) is 0 Å². The molecule has 0 radical (unpaired) electrons. The molecule has 0 unspecified atom stereocenters. The molecular formula is C10H9ClF4. The average molecular weight is 241 g/mol. The Morgan fingerprint density at radius 1 is 1.20 bits per heavy atom. The van der Waals surface area contributed by atoms with Crippen molar-refractivity contribution in [2.75, 3.05) is 5.88 Å². The highest BCUT2D eigenvalue weighted by Gasteiger charge is 2.34. The fourth-order valence-electron chi connectivity index (χ4n) is 1.22. The van der Waals surface area contributed by atoms with Crippen LogP contribution in [0.15, 0.2) is 18.2 Å². The van der Waals surface area contributed by atoms with Crippen molar-refractivity contribution in [3.8, 4) is 0 Å². The molecule has 1 aromatic rings. The van der Waals surface area contributed by atoms with E-state index in [0.29, 0.717) is 24.3 Å². The highest BCUT2D eigenvalue weighted by molar-refractivity contribution is 6.17. The van der Waals surface area contributed by atoms with Crippen LogP contribution >= 0.6 is 11.6 Å². The van der Waals surface area contributed by atoms with Gasteiger partial charge in [0.25, 0.3) is 0 Å². The quantitative estimate of drug-likeness (QED) is 0.553. The third-order valence-corrected chi connectivity index (χ3v) is 2.20. The molecule has 0 saturated carbocycles. The largest absolute Gasteiger partial charge is 0.419 e. The molecule has 0 aromatic heterocycles. The van der Waals surface area contributed by atoms with Crippen LogP contribution in [0, 0.1) is 5.82 Å². The van der Waals surface area contributed by atoms with Gasteiger partial charge < -0.3 is 0 Å². The molecule has 0 nitrogen and oxygen atoms in total. The molecule has 5 heteroatoms. The molecule has 84 valence electrons. The van der Waals surface area contributed by atoms with Crippen molar-refractivity contribution < 1.29 is 17.6 Å². The average Bonchev–Trinajstić information content (AvgIpc) is 2.15. The summed E-state index contributed by atoms with van der Waals surface area (Å²) < 4.78 is 49.7. The van der Waals surface area contributed by atoms with E-state index in [1.165, 1.54) is 6.07 Å². The van der Waals surface area contributed by atoms with Crippen molar-refractivity contribution >= 4 is 11.6 Å². The van der Waals surface area contributed by atoms with E-state index in [1.54, 1.807) is 0 Å². The SMILES string of the molecule is Fc1ccc(CCCCl)cc1C(F)(F)F. The van der Waals surface area contributed by atoms with E-state index in [-0.39, 0.29) is 0 Å². The first kappa shape index (κ1) is 12.3. The summed E-state index contributed by atoms with van der Waals surface area (Å²) in [6, 6.07) is 3.02. The van der Waals surface area contributed by atoms with Gasteiger partial charge in [-0.2, -0.15) is 13.2 Å². The molecule has 15 heavy (non-hydrogen) atoms. The standard InChI is InChI=1S/C10H9ClF4/c11-5-1-2-7-3-4-9(12)8(6-7)10(13,14)15/h3-4,6H,1-2,5H2. The molecule has 0 heterocycles. The van der Waals surface area contributed by atoms with Crippen molar-refractivity contribution in [2.45, 2.75) is 19.0 Å². The van der Waals surface area contributed by atoms with Crippen molar-refractivity contribution in [1.82, 2.24) is 0 Å². The highest BCUT2D eigenvalue weighted by Crippen LogP contribution is 2.32. The fourth-order valence-corrected chi connectivity index (χ4v) is 1.35. The van der Waals surface area contributed by atoms with Crippen molar-refractivity contribution in [3.63, 3.8) is 0 Å². The van der Waals surface area contributed by atoms with Gasteiger partial charge in [0.05, 0.1) is 5.56 Å². The number of hydrogen-bond acceptors (Lipinski definition) is 0. The molecule has 0 atom stereocenters. The second-order valence-electron chi connectivity index (χ2n) is 3.10. The number of hydrogen-bond donors (Lipinski definition) is 0. The predicted molar refractivity (Wildman–Crippen MR) is 50.4 cm³/mol. The molecule has 0 aliphatic heterocycles. The first-order valence-corrected chi connectivity index (χ1v) is 4.90. The Kier molecular flexibility index (Phi) is 3.97. The minimum atomic E-state index is -4.64. The molecule has 1 rings (SSSR count). The third-order valence-electron chi connectivity index (χ3n) is 1.94. The number of rotatable bonds is 3. The first-order chi connectivity index (χ1) is 6.95. The smallest absolute Gasteiger partial charge is 0.206 e. The summed E-state index contributed by atoms with van der Waals surface area (Å²) in [6.07, 6.45) is -3.64. The van der Waals surface area contributed by atoms with Gasteiger partial charge in [0, 0.05) is 5.88 Å². The first-order valence-electron chi connectivity index (χ1n) is 4.36. The summed E-state index contributed by atoms with van der Waals surface area (Å²) in [4.78, 5) is 0. The summed E-state index contributed by atoms with van der Waals surface area (Å²) in [5.41, 5.74) is -0.765. The van der Waals surface area contributed by atoms with Crippen molar-refractivity contribution in [1.29, 1.82) is 0 Å². The molecule has 0 N–H and O–H groups in total. The van der Waals surface area contributed by atoms with E-state index in [2.05, 4.69) is 0 Å². The number of alkyl halides is 4. The summed E-state index contributed by atoms with van der Waals surface area (Å²) in [6.45, 7) is 0. The van der Waals surface area contributed by atoms with Gasteiger partial charge in [-0.05, 0) is 30.5 Å². The lowest BCUT2D eigenvalue weighted by molar-refractivity contribution is -0.140. The van der Waals surface area contributed by atoms with E-state index < -0.39 is 17.6 Å². The van der Waals surface area contributed by atoms with E-state index in [0.717, 1.165) is 12.1 Å². The van der Waals surface area contributed by atoms with Crippen LogP contribution in [0.2, 0.25) is 0 Å². The zero-order valence-electron chi connectivity index (χ0n) is 7.74. The summed E-state index contributed by atoms with van der Waals surface area (Å²) in [5.74, 6) is -0.865. The second-order valence-corrected chi connectivity index (χ2v) is 3.48. The fraction of sp³-hybridized carbons (Fsp3) is 0.400. The number of aryl methyl sites for hydroxylation is 1. The van der Waals surface area contributed by atoms with Crippen LogP contribution in [0.1, 0.15) is 17.5 Å². The Labute approximate surface area is 89.9 Å². The molecular weight excluding hydrogens is 232 g/mol. The molecule has 0 amide bonds. The molecule has 0 fully saturated rings. The van der Waals surface area contributed by atoms with Crippen LogP contribution in [0.4, 0.5) is 17.6 Å². The molecule has 0 saturated heterocycles. The zero-order chi connectivity index (χ0) is 11.5. The van der Waals surface area contributed by atoms with Crippen molar-refractivity contribution in [3.05, 3.63) is 35.1 Å². The van der Waals surface area contributed by atoms with E-state index in [9.17, 15) is 17.6 Å². The normalized spacial score (nSPS) is 11.8. The number of benzene rings is 1. The van der Waals surface area contributed by atoms with Crippen LogP contribution in [0.25, 0.3) is 0 Å². The maximum absolute atomic E-state index is 12.8. The van der Waals surface area contributed by atoms with Crippen LogP contribution in [-0.2, 0) is 12.6 Å². The molecule has 0 aliphatic carbocycles. The van der Waals surface area contributed by atoms with Gasteiger partial charge in [0.1, 0.15) is 5.82 Å². The highest BCUT2D eigenvalue weighted by atomic mass is 35.5. The molecule has 0 bridgehead atoms. The van der Waals surface area contributed by atoms with Crippen LogP contribution in [-0.4, -0.2) is 5.88 Å². The molecule has 0 spiro atoms. The van der Waals surface area contributed by atoms with Crippen LogP contribution in [0.3, 0.4) is 0 Å². The zero-order valence-corrected chi connectivity index (χ0v) is 8.50. The Morgan fingerprint density at radius 2 is 1.87 bits per heavy atom. The van der Waals surface area contributed by atoms with Gasteiger partial charge in [-0.15, -0.1) is 11.6 Å². The lowest BCUT2D eigenvalue weighted by Crippen LogP contribution is -2.08.